The first-order valence-electron chi connectivity index (χ1n) is 6.73. The first kappa shape index (κ1) is 17.5. The topological polar surface area (TPSA) is 57.0 Å². The lowest BCUT2D eigenvalue weighted by molar-refractivity contribution is -0.207. The molecule has 2 aromatic rings. The second-order valence-corrected chi connectivity index (χ2v) is 6.89. The standard InChI is InChI=1S/C14H16F3N3O2S/c1-8-7-23-11(19-8)10(14(15,16)17)22-12(21)9-5-18-20(6-9)13(2,3)4/h5-7,10H,1-4H3/t10-/m1/s1. The summed E-state index contributed by atoms with van der Waals surface area (Å²) in [4.78, 5) is 15.8. The van der Waals surface area contributed by atoms with E-state index in [4.69, 9.17) is 0 Å². The van der Waals surface area contributed by atoms with Crippen LogP contribution < -0.4 is 0 Å². The molecule has 9 heteroatoms. The van der Waals surface area contributed by atoms with Gasteiger partial charge in [0.05, 0.1) is 17.3 Å². The molecule has 0 amide bonds. The third-order valence-corrected chi connectivity index (χ3v) is 3.89. The zero-order valence-electron chi connectivity index (χ0n) is 13.0. The van der Waals surface area contributed by atoms with Crippen LogP contribution in [0.2, 0.25) is 0 Å². The SMILES string of the molecule is Cc1csc([C@@H](OC(=O)c2cnn(C(C)(C)C)c2)C(F)(F)F)n1. The van der Waals surface area contributed by atoms with E-state index in [-0.39, 0.29) is 10.6 Å². The number of aromatic nitrogens is 3. The average molecular weight is 347 g/mol. The highest BCUT2D eigenvalue weighted by molar-refractivity contribution is 7.09. The van der Waals surface area contributed by atoms with E-state index in [1.54, 1.807) is 6.92 Å². The van der Waals surface area contributed by atoms with Crippen LogP contribution in [-0.4, -0.2) is 26.9 Å². The number of thiazole rings is 1. The van der Waals surface area contributed by atoms with Gasteiger partial charge in [-0.1, -0.05) is 0 Å². The Balaban J connectivity index is 2.23. The molecule has 0 aliphatic heterocycles. The Labute approximate surface area is 135 Å². The molecular formula is C14H16F3N3O2S. The van der Waals surface area contributed by atoms with Crippen LogP contribution in [0.4, 0.5) is 13.2 Å². The van der Waals surface area contributed by atoms with Crippen molar-refractivity contribution in [1.29, 1.82) is 0 Å². The maximum absolute atomic E-state index is 13.2. The second-order valence-electron chi connectivity index (χ2n) is 6.00. The summed E-state index contributed by atoms with van der Waals surface area (Å²) in [6, 6.07) is 0. The van der Waals surface area contributed by atoms with Gasteiger partial charge in [0.1, 0.15) is 5.01 Å². The van der Waals surface area contributed by atoms with E-state index in [1.807, 2.05) is 20.8 Å². The fourth-order valence-corrected chi connectivity index (χ4v) is 2.57. The lowest BCUT2D eigenvalue weighted by Crippen LogP contribution is -2.26. The van der Waals surface area contributed by atoms with E-state index in [1.165, 1.54) is 22.5 Å². The van der Waals surface area contributed by atoms with Gasteiger partial charge in [0, 0.05) is 17.3 Å². The summed E-state index contributed by atoms with van der Waals surface area (Å²) in [6.07, 6.45) is -4.57. The first-order chi connectivity index (χ1) is 10.5. The molecule has 1 atom stereocenters. The Bertz CT molecular complexity index is 701. The van der Waals surface area contributed by atoms with Gasteiger partial charge in [0.15, 0.2) is 0 Å². The van der Waals surface area contributed by atoms with Gasteiger partial charge in [0.2, 0.25) is 6.10 Å². The van der Waals surface area contributed by atoms with Crippen LogP contribution in [0.1, 0.15) is 47.9 Å². The third kappa shape index (κ3) is 4.10. The number of ether oxygens (including phenoxy) is 1. The van der Waals surface area contributed by atoms with Crippen LogP contribution in [0.25, 0.3) is 0 Å². The lowest BCUT2D eigenvalue weighted by Gasteiger charge is -2.19. The van der Waals surface area contributed by atoms with E-state index in [0.717, 1.165) is 11.3 Å². The molecule has 23 heavy (non-hydrogen) atoms. The lowest BCUT2D eigenvalue weighted by atomic mass is 10.1. The maximum atomic E-state index is 13.2. The molecule has 0 bridgehead atoms. The van der Waals surface area contributed by atoms with Crippen molar-refractivity contribution in [1.82, 2.24) is 14.8 Å². The molecule has 0 spiro atoms. The molecule has 0 aliphatic rings. The Hall–Kier alpha value is -1.90. The van der Waals surface area contributed by atoms with Gasteiger partial charge in [-0.2, -0.15) is 18.3 Å². The normalized spacial score (nSPS) is 13.9. The molecule has 0 saturated heterocycles. The fourth-order valence-electron chi connectivity index (χ4n) is 1.72. The smallest absolute Gasteiger partial charge is 0.432 e. The van der Waals surface area contributed by atoms with Crippen molar-refractivity contribution in [2.24, 2.45) is 0 Å². The van der Waals surface area contributed by atoms with Gasteiger partial charge in [-0.05, 0) is 27.7 Å². The molecule has 0 radical (unpaired) electrons. The summed E-state index contributed by atoms with van der Waals surface area (Å²) in [5, 5.41) is 5.15. The van der Waals surface area contributed by atoms with Crippen molar-refractivity contribution in [2.75, 3.05) is 0 Å². The largest absolute Gasteiger partial charge is 0.441 e. The summed E-state index contributed by atoms with van der Waals surface area (Å²) < 4.78 is 45.6. The maximum Gasteiger partial charge on any atom is 0.432 e. The Kier molecular flexibility index (Phi) is 4.52. The molecular weight excluding hydrogens is 331 g/mol. The van der Waals surface area contributed by atoms with Gasteiger partial charge in [-0.15, -0.1) is 11.3 Å². The molecule has 0 unspecified atom stereocenters. The van der Waals surface area contributed by atoms with Crippen molar-refractivity contribution in [3.63, 3.8) is 0 Å². The minimum atomic E-state index is -4.74. The highest BCUT2D eigenvalue weighted by Gasteiger charge is 2.46. The molecule has 0 saturated carbocycles. The number of carbonyl (C=O) groups is 1. The number of nitrogens with zero attached hydrogens (tertiary/aromatic N) is 3. The van der Waals surface area contributed by atoms with Gasteiger partial charge in [-0.25, -0.2) is 9.78 Å². The highest BCUT2D eigenvalue weighted by atomic mass is 32.1. The monoisotopic (exact) mass is 347 g/mol. The number of rotatable bonds is 3. The van der Waals surface area contributed by atoms with Gasteiger partial charge >= 0.3 is 12.1 Å². The molecule has 0 fully saturated rings. The molecule has 0 aliphatic carbocycles. The number of alkyl halides is 3. The number of aryl methyl sites for hydroxylation is 1. The predicted molar refractivity (Wildman–Crippen MR) is 78.3 cm³/mol. The highest BCUT2D eigenvalue weighted by Crippen LogP contribution is 2.37. The molecule has 0 aromatic carbocycles. The predicted octanol–water partition coefficient (Wildman–Crippen LogP) is 3.86. The summed E-state index contributed by atoms with van der Waals surface area (Å²) >= 11 is 0.802. The number of carbonyl (C=O) groups excluding carboxylic acids is 1. The summed E-state index contributed by atoms with van der Waals surface area (Å²) in [6.45, 7) is 7.13. The molecule has 126 valence electrons. The summed E-state index contributed by atoms with van der Waals surface area (Å²) in [7, 11) is 0. The third-order valence-electron chi connectivity index (χ3n) is 2.89. The van der Waals surface area contributed by atoms with Crippen molar-refractivity contribution in [3.05, 3.63) is 34.0 Å². The van der Waals surface area contributed by atoms with Gasteiger partial charge < -0.3 is 4.74 Å². The molecule has 5 nitrogen and oxygen atoms in total. The molecule has 2 rings (SSSR count). The van der Waals surface area contributed by atoms with Crippen molar-refractivity contribution in [3.8, 4) is 0 Å². The number of hydrogen-bond donors (Lipinski definition) is 0. The summed E-state index contributed by atoms with van der Waals surface area (Å²) in [5.74, 6) is -1.09. The van der Waals surface area contributed by atoms with Crippen molar-refractivity contribution >= 4 is 17.3 Å². The van der Waals surface area contributed by atoms with Crippen LogP contribution in [0.15, 0.2) is 17.8 Å². The first-order valence-corrected chi connectivity index (χ1v) is 7.61. The molecule has 0 N–H and O–H groups in total. The fraction of sp³-hybridized carbons (Fsp3) is 0.500. The van der Waals surface area contributed by atoms with Gasteiger partial charge in [0.25, 0.3) is 0 Å². The quantitative estimate of drug-likeness (QED) is 0.791. The minimum Gasteiger partial charge on any atom is -0.441 e. The van der Waals surface area contributed by atoms with Crippen LogP contribution in [-0.2, 0) is 10.3 Å². The van der Waals surface area contributed by atoms with Crippen LogP contribution in [0.3, 0.4) is 0 Å². The van der Waals surface area contributed by atoms with Crippen LogP contribution >= 0.6 is 11.3 Å². The number of hydrogen-bond acceptors (Lipinski definition) is 5. The molecule has 2 heterocycles. The Morgan fingerprint density at radius 1 is 1.35 bits per heavy atom. The van der Waals surface area contributed by atoms with Crippen molar-refractivity contribution < 1.29 is 22.7 Å². The average Bonchev–Trinajstić information content (AvgIpc) is 3.02. The van der Waals surface area contributed by atoms with E-state index in [2.05, 4.69) is 14.8 Å². The number of halogens is 3. The van der Waals surface area contributed by atoms with Crippen molar-refractivity contribution in [2.45, 2.75) is 45.5 Å². The van der Waals surface area contributed by atoms with E-state index in [0.29, 0.717) is 5.69 Å². The van der Waals surface area contributed by atoms with Crippen LogP contribution in [0, 0.1) is 6.92 Å². The Morgan fingerprint density at radius 2 is 2.00 bits per heavy atom. The Morgan fingerprint density at radius 3 is 2.43 bits per heavy atom. The van der Waals surface area contributed by atoms with Crippen LogP contribution in [0.5, 0.6) is 0 Å². The molecule has 2 aromatic heterocycles. The number of esters is 1. The zero-order valence-corrected chi connectivity index (χ0v) is 13.8. The minimum absolute atomic E-state index is 0.0394. The van der Waals surface area contributed by atoms with E-state index in [9.17, 15) is 18.0 Å². The summed E-state index contributed by atoms with van der Waals surface area (Å²) in [5.41, 5.74) is 0.00674. The zero-order chi connectivity index (χ0) is 17.4. The van der Waals surface area contributed by atoms with Gasteiger partial charge in [-0.3, -0.25) is 4.68 Å². The second kappa shape index (κ2) is 5.95. The van der Waals surface area contributed by atoms with E-state index < -0.39 is 23.8 Å². The van der Waals surface area contributed by atoms with E-state index >= 15 is 0 Å².